The summed E-state index contributed by atoms with van der Waals surface area (Å²) in [6.45, 7) is 1.96. The molecule has 0 aliphatic heterocycles. The van der Waals surface area contributed by atoms with Gasteiger partial charge in [0.2, 0.25) is 11.8 Å². The van der Waals surface area contributed by atoms with Gasteiger partial charge in [0.15, 0.2) is 0 Å². The van der Waals surface area contributed by atoms with Crippen molar-refractivity contribution < 1.29 is 9.59 Å². The molecule has 0 aromatic heterocycles. The molecule has 0 saturated carbocycles. The molecule has 0 bridgehead atoms. The predicted octanol–water partition coefficient (Wildman–Crippen LogP) is 5.40. The lowest BCUT2D eigenvalue weighted by Gasteiger charge is -2.31. The van der Waals surface area contributed by atoms with Crippen molar-refractivity contribution in [3.63, 3.8) is 0 Å². The molecule has 1 N–H and O–H groups in total. The number of carbonyl (C=O) groups is 2. The Morgan fingerprint density at radius 3 is 2.18 bits per heavy atom. The number of hydrogen-bond acceptors (Lipinski definition) is 2. The Kier molecular flexibility index (Phi) is 8.44. The van der Waals surface area contributed by atoms with E-state index in [9.17, 15) is 9.59 Å². The van der Waals surface area contributed by atoms with Crippen molar-refractivity contribution in [2.24, 2.45) is 0 Å². The summed E-state index contributed by atoms with van der Waals surface area (Å²) in [5.41, 5.74) is 1.29. The molecule has 0 heterocycles. The number of halogens is 4. The fourth-order valence-corrected chi connectivity index (χ4v) is 3.70. The Morgan fingerprint density at radius 1 is 1.00 bits per heavy atom. The van der Waals surface area contributed by atoms with E-state index in [-0.39, 0.29) is 24.8 Å². The van der Waals surface area contributed by atoms with Gasteiger partial charge in [-0.1, -0.05) is 65.5 Å². The largest absolute Gasteiger partial charge is 0.357 e. The third-order valence-electron chi connectivity index (χ3n) is 4.36. The topological polar surface area (TPSA) is 49.4 Å². The van der Waals surface area contributed by atoms with E-state index in [0.717, 1.165) is 0 Å². The number of carbonyl (C=O) groups excluding carboxylic acids is 2. The monoisotopic (exact) mass is 460 g/mol. The molecule has 0 aliphatic carbocycles. The van der Waals surface area contributed by atoms with Crippen LogP contribution in [0.2, 0.25) is 20.1 Å². The third kappa shape index (κ3) is 5.54. The van der Waals surface area contributed by atoms with Gasteiger partial charge in [-0.25, -0.2) is 0 Å². The Hall–Kier alpha value is -1.46. The first-order valence-electron chi connectivity index (χ1n) is 8.66. The molecular weight excluding hydrogens is 442 g/mol. The molecule has 1 unspecified atom stereocenters. The maximum atomic E-state index is 13.1. The van der Waals surface area contributed by atoms with Crippen LogP contribution in [0.5, 0.6) is 0 Å². The zero-order valence-corrected chi connectivity index (χ0v) is 18.5. The van der Waals surface area contributed by atoms with Gasteiger partial charge in [-0.15, -0.1) is 0 Å². The predicted molar refractivity (Wildman–Crippen MR) is 115 cm³/mol. The number of nitrogens with one attached hydrogen (secondary N) is 1. The van der Waals surface area contributed by atoms with Crippen molar-refractivity contribution in [1.82, 2.24) is 10.2 Å². The van der Waals surface area contributed by atoms with Crippen LogP contribution in [0.4, 0.5) is 0 Å². The summed E-state index contributed by atoms with van der Waals surface area (Å²) in [5.74, 6) is -0.502. The van der Waals surface area contributed by atoms with Crippen LogP contribution in [0.15, 0.2) is 36.4 Å². The lowest BCUT2D eigenvalue weighted by molar-refractivity contribution is -0.140. The minimum atomic E-state index is -0.660. The van der Waals surface area contributed by atoms with Crippen molar-refractivity contribution in [3.05, 3.63) is 67.6 Å². The SMILES string of the molecule is CCC(C(=O)NC)N(Cc1c(Cl)cccc1Cl)C(=O)Cc1ccc(Cl)c(Cl)c1. The molecule has 28 heavy (non-hydrogen) atoms. The Balaban J connectivity index is 2.37. The molecule has 1 atom stereocenters. The second-order valence-corrected chi connectivity index (χ2v) is 7.81. The number of benzene rings is 2. The summed E-state index contributed by atoms with van der Waals surface area (Å²) < 4.78 is 0. The van der Waals surface area contributed by atoms with E-state index in [1.165, 1.54) is 11.9 Å². The standard InChI is InChI=1S/C20H20Cl4N2O2/c1-3-18(20(28)25-2)26(11-13-14(21)5-4-6-15(13)22)19(27)10-12-7-8-16(23)17(24)9-12/h4-9,18H,3,10-11H2,1-2H3,(H,25,28). The molecule has 2 amide bonds. The van der Waals surface area contributed by atoms with E-state index >= 15 is 0 Å². The summed E-state index contributed by atoms with van der Waals surface area (Å²) in [6.07, 6.45) is 0.501. The fourth-order valence-electron chi connectivity index (χ4n) is 2.87. The van der Waals surface area contributed by atoms with Crippen LogP contribution in [-0.2, 0) is 22.6 Å². The number of hydrogen-bond donors (Lipinski definition) is 1. The molecule has 150 valence electrons. The fraction of sp³-hybridized carbons (Fsp3) is 0.300. The molecular formula is C20H20Cl4N2O2. The average Bonchev–Trinajstić information content (AvgIpc) is 2.66. The molecule has 2 aromatic carbocycles. The van der Waals surface area contributed by atoms with Crippen LogP contribution in [0, 0.1) is 0 Å². The Labute approximate surface area is 184 Å². The molecule has 0 radical (unpaired) electrons. The summed E-state index contributed by atoms with van der Waals surface area (Å²) in [5, 5.41) is 4.26. The van der Waals surface area contributed by atoms with Crippen LogP contribution in [0.25, 0.3) is 0 Å². The van der Waals surface area contributed by atoms with E-state index in [0.29, 0.717) is 37.6 Å². The van der Waals surface area contributed by atoms with Gasteiger partial charge < -0.3 is 10.2 Å². The van der Waals surface area contributed by atoms with Crippen molar-refractivity contribution in [2.45, 2.75) is 32.4 Å². The van der Waals surface area contributed by atoms with Gasteiger partial charge in [0.05, 0.1) is 16.5 Å². The van der Waals surface area contributed by atoms with Crippen LogP contribution in [-0.4, -0.2) is 29.8 Å². The average molecular weight is 462 g/mol. The van der Waals surface area contributed by atoms with E-state index in [1.807, 2.05) is 6.92 Å². The quantitative estimate of drug-likeness (QED) is 0.600. The summed E-state index contributed by atoms with van der Waals surface area (Å²) >= 11 is 24.6. The van der Waals surface area contributed by atoms with Gasteiger partial charge in [0.1, 0.15) is 6.04 Å². The second kappa shape index (κ2) is 10.4. The molecule has 0 spiro atoms. The van der Waals surface area contributed by atoms with Gasteiger partial charge in [0.25, 0.3) is 0 Å². The normalized spacial score (nSPS) is 11.8. The van der Waals surface area contributed by atoms with Crippen molar-refractivity contribution in [3.8, 4) is 0 Å². The van der Waals surface area contributed by atoms with Crippen molar-refractivity contribution in [2.75, 3.05) is 7.05 Å². The molecule has 0 saturated heterocycles. The second-order valence-electron chi connectivity index (χ2n) is 6.19. The number of likely N-dealkylation sites (N-methyl/N-ethyl adjacent to an activating group) is 1. The van der Waals surface area contributed by atoms with E-state index < -0.39 is 6.04 Å². The molecule has 2 rings (SSSR count). The van der Waals surface area contributed by atoms with Crippen LogP contribution in [0.3, 0.4) is 0 Å². The lowest BCUT2D eigenvalue weighted by Crippen LogP contribution is -2.48. The maximum absolute atomic E-state index is 13.1. The van der Waals surface area contributed by atoms with Crippen molar-refractivity contribution >= 4 is 58.2 Å². The van der Waals surface area contributed by atoms with Gasteiger partial charge in [-0.2, -0.15) is 0 Å². The van der Waals surface area contributed by atoms with Crippen molar-refractivity contribution in [1.29, 1.82) is 0 Å². The van der Waals surface area contributed by atoms with E-state index in [2.05, 4.69) is 5.32 Å². The zero-order chi connectivity index (χ0) is 20.8. The minimum absolute atomic E-state index is 0.0620. The molecule has 2 aromatic rings. The molecule has 0 fully saturated rings. The highest BCUT2D eigenvalue weighted by Crippen LogP contribution is 2.28. The number of rotatable bonds is 7. The highest BCUT2D eigenvalue weighted by molar-refractivity contribution is 6.42. The Bertz CT molecular complexity index is 853. The first kappa shape index (κ1) is 22.8. The molecule has 4 nitrogen and oxygen atoms in total. The first-order valence-corrected chi connectivity index (χ1v) is 10.2. The smallest absolute Gasteiger partial charge is 0.242 e. The van der Waals surface area contributed by atoms with Crippen LogP contribution < -0.4 is 5.32 Å². The van der Waals surface area contributed by atoms with Crippen LogP contribution in [0.1, 0.15) is 24.5 Å². The Morgan fingerprint density at radius 2 is 1.64 bits per heavy atom. The molecule has 0 aliphatic rings. The summed E-state index contributed by atoms with van der Waals surface area (Å²) in [7, 11) is 1.54. The van der Waals surface area contributed by atoms with Crippen LogP contribution >= 0.6 is 46.4 Å². The summed E-state index contributed by atoms with van der Waals surface area (Å²) in [6, 6.07) is 9.48. The third-order valence-corrected chi connectivity index (χ3v) is 5.81. The van der Waals surface area contributed by atoms with E-state index in [4.69, 9.17) is 46.4 Å². The van der Waals surface area contributed by atoms with Gasteiger partial charge in [-0.05, 0) is 36.2 Å². The highest BCUT2D eigenvalue weighted by atomic mass is 35.5. The maximum Gasteiger partial charge on any atom is 0.242 e. The lowest BCUT2D eigenvalue weighted by atomic mass is 10.1. The molecule has 8 heteroatoms. The van der Waals surface area contributed by atoms with Gasteiger partial charge >= 0.3 is 0 Å². The highest BCUT2D eigenvalue weighted by Gasteiger charge is 2.29. The van der Waals surface area contributed by atoms with E-state index in [1.54, 1.807) is 36.4 Å². The van der Waals surface area contributed by atoms with Gasteiger partial charge in [0, 0.05) is 29.2 Å². The zero-order valence-electron chi connectivity index (χ0n) is 15.4. The first-order chi connectivity index (χ1) is 13.3. The number of nitrogens with zero attached hydrogens (tertiary/aromatic N) is 1. The number of amides is 2. The van der Waals surface area contributed by atoms with Gasteiger partial charge in [-0.3, -0.25) is 9.59 Å². The summed E-state index contributed by atoms with van der Waals surface area (Å²) in [4.78, 5) is 27.0. The minimum Gasteiger partial charge on any atom is -0.357 e.